The minimum absolute atomic E-state index is 0.0214. The van der Waals surface area contributed by atoms with Crippen molar-refractivity contribution in [3.8, 4) is 0 Å². The van der Waals surface area contributed by atoms with Crippen molar-refractivity contribution in [3.63, 3.8) is 0 Å². The van der Waals surface area contributed by atoms with E-state index in [1.54, 1.807) is 12.1 Å². The zero-order chi connectivity index (χ0) is 22.1. The molecule has 158 valence electrons. The van der Waals surface area contributed by atoms with E-state index in [4.69, 9.17) is 0 Å². The number of nitrogens with one attached hydrogen (secondary N) is 2. The maximum Gasteiger partial charge on any atom is 0.352 e. The van der Waals surface area contributed by atoms with E-state index in [0.717, 1.165) is 18.1 Å². The van der Waals surface area contributed by atoms with Crippen LogP contribution in [-0.2, 0) is 11.2 Å². The van der Waals surface area contributed by atoms with Crippen LogP contribution >= 0.6 is 0 Å². The predicted molar refractivity (Wildman–Crippen MR) is 110 cm³/mol. The van der Waals surface area contributed by atoms with Crippen LogP contribution in [0.1, 0.15) is 34.5 Å². The first kappa shape index (κ1) is 20.3. The number of allylic oxidation sites excluding steroid dienone is 1. The lowest BCUT2D eigenvalue weighted by Crippen LogP contribution is -2.26. The number of hydrogen-bond acceptors (Lipinski definition) is 4. The summed E-state index contributed by atoms with van der Waals surface area (Å²) in [4.78, 5) is 24.5. The average Bonchev–Trinajstić information content (AvgIpc) is 3.18. The van der Waals surface area contributed by atoms with E-state index in [-0.39, 0.29) is 22.6 Å². The number of carboxylic acid groups (broad SMARTS) is 1. The Hall–Kier alpha value is -4.01. The highest BCUT2D eigenvalue weighted by Gasteiger charge is 2.30. The molecule has 0 radical (unpaired) electrons. The Kier molecular flexibility index (Phi) is 5.24. The van der Waals surface area contributed by atoms with Crippen molar-refractivity contribution in [1.82, 2.24) is 9.78 Å². The van der Waals surface area contributed by atoms with Crippen molar-refractivity contribution in [1.29, 1.82) is 0 Å². The van der Waals surface area contributed by atoms with Gasteiger partial charge in [0.2, 0.25) is 0 Å². The number of aliphatic carboxylic acids is 1. The van der Waals surface area contributed by atoms with Gasteiger partial charge in [0.15, 0.2) is 0 Å². The molecule has 0 saturated carbocycles. The number of carbonyl (C=O) groups excluding carboxylic acids is 1. The molecule has 0 fully saturated rings. The first-order chi connectivity index (χ1) is 14.9. The predicted octanol–water partition coefficient (Wildman–Crippen LogP) is 3.96. The Morgan fingerprint density at radius 1 is 1.19 bits per heavy atom. The summed E-state index contributed by atoms with van der Waals surface area (Å²) >= 11 is 0. The highest BCUT2D eigenvalue weighted by Crippen LogP contribution is 2.33. The highest BCUT2D eigenvalue weighted by molar-refractivity contribution is 6.08. The molecule has 1 amide bonds. The van der Waals surface area contributed by atoms with Crippen LogP contribution in [-0.4, -0.2) is 26.8 Å². The molecule has 1 aromatic heterocycles. The number of benzene rings is 2. The van der Waals surface area contributed by atoms with Crippen LogP contribution in [0.25, 0.3) is 0 Å². The Bertz CT molecular complexity index is 1200. The van der Waals surface area contributed by atoms with E-state index in [2.05, 4.69) is 15.7 Å². The number of carboxylic acids is 1. The lowest BCUT2D eigenvalue weighted by Gasteiger charge is -2.24. The summed E-state index contributed by atoms with van der Waals surface area (Å²) in [7, 11) is 0. The molecule has 1 aliphatic heterocycles. The van der Waals surface area contributed by atoms with Gasteiger partial charge in [-0.1, -0.05) is 25.1 Å². The molecular formula is C22H18F2N4O3. The summed E-state index contributed by atoms with van der Waals surface area (Å²) in [5.74, 6) is -3.32. The van der Waals surface area contributed by atoms with Crippen molar-refractivity contribution >= 4 is 23.4 Å². The molecule has 4 rings (SSSR count). The molecule has 3 N–H and O–H groups in total. The fourth-order valence-electron chi connectivity index (χ4n) is 3.37. The number of aryl methyl sites for hydroxylation is 1. The highest BCUT2D eigenvalue weighted by atomic mass is 19.1. The molecule has 0 spiro atoms. The molecule has 0 saturated heterocycles. The second-order valence-electron chi connectivity index (χ2n) is 6.98. The first-order valence-electron chi connectivity index (χ1n) is 9.52. The van der Waals surface area contributed by atoms with Crippen LogP contribution in [0.4, 0.5) is 20.3 Å². The standard InChI is InChI=1S/C22H18F2N4O3/c1-2-12-3-6-14(7-4-12)26-21(29)16-11-25-28-19(10-18(22(30)31)27-20(16)28)15-8-5-13(23)9-17(15)24/h3-11,19,27H,2H2,1H3,(H,26,29)(H,30,31)/t19-/m1/s1. The topological polar surface area (TPSA) is 96.3 Å². The lowest BCUT2D eigenvalue weighted by atomic mass is 10.0. The average molecular weight is 424 g/mol. The zero-order valence-electron chi connectivity index (χ0n) is 16.4. The molecule has 3 aromatic rings. The molecule has 0 bridgehead atoms. The second kappa shape index (κ2) is 8.02. The van der Waals surface area contributed by atoms with E-state index < -0.39 is 29.6 Å². The molecule has 2 heterocycles. The third-order valence-corrected chi connectivity index (χ3v) is 5.01. The van der Waals surface area contributed by atoms with E-state index >= 15 is 0 Å². The number of carbonyl (C=O) groups is 2. The van der Waals surface area contributed by atoms with Gasteiger partial charge < -0.3 is 15.7 Å². The van der Waals surface area contributed by atoms with Gasteiger partial charge in [0.25, 0.3) is 5.91 Å². The zero-order valence-corrected chi connectivity index (χ0v) is 16.4. The Balaban J connectivity index is 1.71. The van der Waals surface area contributed by atoms with Gasteiger partial charge in [-0.2, -0.15) is 5.10 Å². The first-order valence-corrected chi connectivity index (χ1v) is 9.52. The van der Waals surface area contributed by atoms with Gasteiger partial charge in [0, 0.05) is 17.3 Å². The number of anilines is 2. The summed E-state index contributed by atoms with van der Waals surface area (Å²) in [6.07, 6.45) is 3.38. The molecule has 2 aromatic carbocycles. The quantitative estimate of drug-likeness (QED) is 0.576. The monoisotopic (exact) mass is 424 g/mol. The number of nitrogens with zero attached hydrogens (tertiary/aromatic N) is 2. The van der Waals surface area contributed by atoms with Crippen molar-refractivity contribution in [3.05, 3.63) is 88.8 Å². The van der Waals surface area contributed by atoms with Crippen LogP contribution in [0.15, 0.2) is 60.4 Å². The molecule has 31 heavy (non-hydrogen) atoms. The Morgan fingerprint density at radius 3 is 2.58 bits per heavy atom. The number of rotatable bonds is 5. The van der Waals surface area contributed by atoms with E-state index in [0.29, 0.717) is 11.8 Å². The third-order valence-electron chi connectivity index (χ3n) is 5.01. The van der Waals surface area contributed by atoms with Crippen molar-refractivity contribution in [2.45, 2.75) is 19.4 Å². The minimum Gasteiger partial charge on any atom is -0.477 e. The van der Waals surface area contributed by atoms with Gasteiger partial charge in [0.05, 0.1) is 6.20 Å². The molecular weight excluding hydrogens is 406 g/mol. The van der Waals surface area contributed by atoms with Crippen LogP contribution < -0.4 is 10.6 Å². The number of amides is 1. The van der Waals surface area contributed by atoms with Crippen LogP contribution in [0, 0.1) is 11.6 Å². The molecule has 0 unspecified atom stereocenters. The SMILES string of the molecule is CCc1ccc(NC(=O)c2cnn3c2NC(C(=O)O)=C[C@@H]3c2ccc(F)cc2F)cc1. The number of halogens is 2. The van der Waals surface area contributed by atoms with Crippen molar-refractivity contribution in [2.24, 2.45) is 0 Å². The number of hydrogen-bond donors (Lipinski definition) is 3. The van der Waals surface area contributed by atoms with E-state index in [9.17, 15) is 23.5 Å². The van der Waals surface area contributed by atoms with Gasteiger partial charge in [-0.25, -0.2) is 18.3 Å². The maximum atomic E-state index is 14.4. The second-order valence-corrected chi connectivity index (χ2v) is 6.98. The van der Waals surface area contributed by atoms with Gasteiger partial charge >= 0.3 is 5.97 Å². The summed E-state index contributed by atoms with van der Waals surface area (Å²) in [5.41, 5.74) is 1.53. The summed E-state index contributed by atoms with van der Waals surface area (Å²) in [6, 6.07) is 9.33. The van der Waals surface area contributed by atoms with Gasteiger partial charge in [0.1, 0.15) is 34.8 Å². The van der Waals surface area contributed by atoms with Gasteiger partial charge in [-0.3, -0.25) is 4.79 Å². The smallest absolute Gasteiger partial charge is 0.352 e. The summed E-state index contributed by atoms with van der Waals surface area (Å²) in [6.45, 7) is 2.02. The maximum absolute atomic E-state index is 14.4. The Labute approximate surface area is 176 Å². The van der Waals surface area contributed by atoms with E-state index in [1.807, 2.05) is 19.1 Å². The number of aromatic nitrogens is 2. The van der Waals surface area contributed by atoms with Crippen LogP contribution in [0.5, 0.6) is 0 Å². The molecule has 9 heteroatoms. The summed E-state index contributed by atoms with van der Waals surface area (Å²) in [5, 5.41) is 19.0. The summed E-state index contributed by atoms with van der Waals surface area (Å²) < 4.78 is 29.0. The fourth-order valence-corrected chi connectivity index (χ4v) is 3.37. The van der Waals surface area contributed by atoms with Crippen molar-refractivity contribution in [2.75, 3.05) is 10.6 Å². The molecule has 1 atom stereocenters. The van der Waals surface area contributed by atoms with Gasteiger partial charge in [-0.15, -0.1) is 0 Å². The molecule has 1 aliphatic rings. The van der Waals surface area contributed by atoms with Crippen LogP contribution in [0.3, 0.4) is 0 Å². The van der Waals surface area contributed by atoms with Gasteiger partial charge in [-0.05, 0) is 36.3 Å². The lowest BCUT2D eigenvalue weighted by molar-refractivity contribution is -0.132. The van der Waals surface area contributed by atoms with Crippen molar-refractivity contribution < 1.29 is 23.5 Å². The Morgan fingerprint density at radius 2 is 1.94 bits per heavy atom. The van der Waals surface area contributed by atoms with E-state index in [1.165, 1.54) is 23.0 Å². The molecule has 0 aliphatic carbocycles. The normalized spacial score (nSPS) is 14.9. The minimum atomic E-state index is -1.29. The fraction of sp³-hybridized carbons (Fsp3) is 0.136. The number of fused-ring (bicyclic) bond motifs is 1. The third kappa shape index (κ3) is 3.89. The van der Waals surface area contributed by atoms with Crippen LogP contribution in [0.2, 0.25) is 0 Å². The molecule has 7 nitrogen and oxygen atoms in total. The largest absolute Gasteiger partial charge is 0.477 e.